The smallest absolute Gasteiger partial charge is 0.340 e. The summed E-state index contributed by atoms with van der Waals surface area (Å²) in [4.78, 5) is 25.4. The molecule has 83 heavy (non-hydrogen) atoms. The van der Waals surface area contributed by atoms with E-state index < -0.39 is 72.3 Å². The zero-order valence-electron chi connectivity index (χ0n) is 45.8. The largest absolute Gasteiger partial charge is 0.429 e. The van der Waals surface area contributed by atoms with Crippen LogP contribution < -0.4 is 0 Å². The van der Waals surface area contributed by atoms with Gasteiger partial charge in [-0.05, 0) is 51.1 Å². The number of benzene rings is 8. The standard InChI is InChI=1S/C68H67NO14/c70-66(56-36-38-57(39-37-56)69(71)72)83-68-65(79-46-55-34-20-7-21-35-55)63(77-44-53-30-16-5-17-31-53)61(59(81-68)48-74-41-50-24-10-2-11-25-50)82-67-64(78-45-54-32-18-6-19-33-54)62(76-43-52-28-14-4-15-29-52)60(75-42-51-26-12-3-13-27-51)58(80-67)47-73-40-49-22-8-1-9-23-49/h1-39,58-65,67-68H,40-48H2/t58-,59-,60+,61-,62+,63+,64-,65-,67+,68?/m1/s1. The number of carbonyl (C=O) groups excluding carboxylic acids is 1. The summed E-state index contributed by atoms with van der Waals surface area (Å²) in [6.07, 6.45) is -10.6. The molecule has 10 rings (SSSR count). The highest BCUT2D eigenvalue weighted by Crippen LogP contribution is 2.37. The van der Waals surface area contributed by atoms with E-state index in [0.29, 0.717) is 0 Å². The number of hydrogen-bond acceptors (Lipinski definition) is 14. The van der Waals surface area contributed by atoms with Gasteiger partial charge in [0.25, 0.3) is 5.69 Å². The fourth-order valence-electron chi connectivity index (χ4n) is 9.94. The summed E-state index contributed by atoms with van der Waals surface area (Å²) in [7, 11) is 0. The van der Waals surface area contributed by atoms with Gasteiger partial charge in [-0.3, -0.25) is 10.1 Å². The van der Waals surface area contributed by atoms with E-state index in [4.69, 9.17) is 52.1 Å². The first-order chi connectivity index (χ1) is 40.9. The molecular weight excluding hydrogens is 1050 g/mol. The van der Waals surface area contributed by atoms with Gasteiger partial charge in [0.2, 0.25) is 6.29 Å². The van der Waals surface area contributed by atoms with Crippen molar-refractivity contribution in [1.82, 2.24) is 0 Å². The zero-order valence-corrected chi connectivity index (χ0v) is 45.8. The van der Waals surface area contributed by atoms with E-state index in [1.165, 1.54) is 24.3 Å². The average molecular weight is 1120 g/mol. The highest BCUT2D eigenvalue weighted by Gasteiger charge is 2.55. The minimum atomic E-state index is -1.44. The first-order valence-corrected chi connectivity index (χ1v) is 27.8. The van der Waals surface area contributed by atoms with Gasteiger partial charge in [0, 0.05) is 12.1 Å². The normalized spacial score (nSPS) is 22.4. The van der Waals surface area contributed by atoms with Gasteiger partial charge in [-0.2, -0.15) is 0 Å². The number of hydrogen-bond donors (Lipinski definition) is 0. The molecule has 15 nitrogen and oxygen atoms in total. The molecule has 1 unspecified atom stereocenters. The molecular formula is C68H67NO14. The zero-order chi connectivity index (χ0) is 56.8. The van der Waals surface area contributed by atoms with Gasteiger partial charge in [-0.15, -0.1) is 0 Å². The topological polar surface area (TPSA) is 162 Å². The van der Waals surface area contributed by atoms with Gasteiger partial charge in [-0.25, -0.2) is 4.79 Å². The predicted molar refractivity (Wildman–Crippen MR) is 308 cm³/mol. The van der Waals surface area contributed by atoms with E-state index >= 15 is 0 Å². The first-order valence-electron chi connectivity index (χ1n) is 27.8. The van der Waals surface area contributed by atoms with Gasteiger partial charge in [-0.1, -0.05) is 212 Å². The summed E-state index contributed by atoms with van der Waals surface area (Å²) in [5.41, 5.74) is 6.18. The van der Waals surface area contributed by atoms with E-state index in [9.17, 15) is 14.9 Å². The van der Waals surface area contributed by atoms with Crippen molar-refractivity contribution in [2.75, 3.05) is 13.2 Å². The fourth-order valence-corrected chi connectivity index (χ4v) is 9.94. The van der Waals surface area contributed by atoms with Gasteiger partial charge in [0.1, 0.15) is 48.8 Å². The lowest BCUT2D eigenvalue weighted by atomic mass is 9.95. The van der Waals surface area contributed by atoms with Crippen molar-refractivity contribution < 1.29 is 61.8 Å². The Morgan fingerprint density at radius 2 is 0.663 bits per heavy atom. The number of esters is 1. The summed E-state index contributed by atoms with van der Waals surface area (Å²) >= 11 is 0. The Hall–Kier alpha value is -7.77. The van der Waals surface area contributed by atoms with Crippen molar-refractivity contribution in [2.45, 2.75) is 108 Å². The molecule has 0 amide bonds. The van der Waals surface area contributed by atoms with Crippen LogP contribution in [0, 0.1) is 10.1 Å². The van der Waals surface area contributed by atoms with E-state index in [0.717, 1.165) is 38.9 Å². The van der Waals surface area contributed by atoms with E-state index in [1.54, 1.807) is 0 Å². The predicted octanol–water partition coefficient (Wildman–Crippen LogP) is 11.9. The number of ether oxygens (including phenoxy) is 11. The highest BCUT2D eigenvalue weighted by molar-refractivity contribution is 5.89. The molecule has 15 heteroatoms. The third-order valence-electron chi connectivity index (χ3n) is 14.2. The average Bonchev–Trinajstić information content (AvgIpc) is 3.56. The molecule has 0 aromatic heterocycles. The van der Waals surface area contributed by atoms with Crippen LogP contribution in [0.1, 0.15) is 49.3 Å². The molecule has 2 heterocycles. The van der Waals surface area contributed by atoms with Crippen LogP contribution in [0.2, 0.25) is 0 Å². The highest BCUT2D eigenvalue weighted by atomic mass is 16.8. The third-order valence-corrected chi connectivity index (χ3v) is 14.2. The third kappa shape index (κ3) is 16.9. The minimum Gasteiger partial charge on any atom is -0.429 e. The monoisotopic (exact) mass is 1120 g/mol. The molecule has 0 bridgehead atoms. The Morgan fingerprint density at radius 3 is 1.04 bits per heavy atom. The number of nitro benzene ring substituents is 1. The number of nitrogens with zero attached hydrogens (tertiary/aromatic N) is 1. The van der Waals surface area contributed by atoms with E-state index in [-0.39, 0.29) is 70.7 Å². The van der Waals surface area contributed by atoms with Crippen molar-refractivity contribution in [1.29, 1.82) is 0 Å². The SMILES string of the molecule is O=C(OC1O[C@H](COCc2ccccc2)[C@@H](O[C@@H]2O[C@H](COCc3ccccc3)[C@H](OCc3ccccc3)[C@H](OCc3ccccc3)[C@H]2OCc2ccccc2)[C@H](OCc2ccccc2)[C@H]1OCc1ccccc1)c1ccc([N+](=O)[O-])cc1. The molecule has 2 saturated heterocycles. The van der Waals surface area contributed by atoms with Crippen LogP contribution in [0.25, 0.3) is 0 Å². The maximum Gasteiger partial charge on any atom is 0.340 e. The van der Waals surface area contributed by atoms with Crippen molar-refractivity contribution in [3.8, 4) is 0 Å². The van der Waals surface area contributed by atoms with Crippen LogP contribution in [0.3, 0.4) is 0 Å². The molecule has 2 aliphatic heterocycles. The van der Waals surface area contributed by atoms with Crippen LogP contribution in [-0.4, -0.2) is 85.5 Å². The summed E-state index contributed by atoms with van der Waals surface area (Å²) in [6, 6.07) is 73.6. The van der Waals surface area contributed by atoms with Gasteiger partial charge in [0.05, 0.1) is 69.9 Å². The molecule has 0 N–H and O–H groups in total. The summed E-state index contributed by atoms with van der Waals surface area (Å²) in [6.45, 7) is 1.13. The van der Waals surface area contributed by atoms with E-state index in [2.05, 4.69) is 0 Å². The molecule has 8 aromatic rings. The van der Waals surface area contributed by atoms with Gasteiger partial charge < -0.3 is 52.1 Å². The van der Waals surface area contributed by atoms with Crippen LogP contribution in [0.5, 0.6) is 0 Å². The van der Waals surface area contributed by atoms with Gasteiger partial charge >= 0.3 is 5.97 Å². The molecule has 2 fully saturated rings. The molecule has 0 saturated carbocycles. The molecule has 0 spiro atoms. The Bertz CT molecular complexity index is 3150. The fraction of sp³-hybridized carbons (Fsp3) is 0.279. The van der Waals surface area contributed by atoms with Crippen LogP contribution in [-0.2, 0) is 98.4 Å². The minimum absolute atomic E-state index is 0.0486. The lowest BCUT2D eigenvalue weighted by molar-refractivity contribution is -0.384. The number of carbonyl (C=O) groups is 1. The second-order valence-corrected chi connectivity index (χ2v) is 20.2. The molecule has 2 aliphatic rings. The van der Waals surface area contributed by atoms with Crippen molar-refractivity contribution in [3.63, 3.8) is 0 Å². The summed E-state index contributed by atoms with van der Waals surface area (Å²) < 4.78 is 76.4. The molecule has 0 aliphatic carbocycles. The molecule has 428 valence electrons. The van der Waals surface area contributed by atoms with Crippen molar-refractivity contribution in [3.05, 3.63) is 291 Å². The summed E-state index contributed by atoms with van der Waals surface area (Å²) in [5, 5.41) is 11.6. The lowest BCUT2D eigenvalue weighted by Gasteiger charge is -2.50. The Balaban J connectivity index is 1.07. The maximum absolute atomic E-state index is 14.3. The molecule has 10 atom stereocenters. The van der Waals surface area contributed by atoms with Crippen molar-refractivity contribution in [2.24, 2.45) is 0 Å². The number of rotatable bonds is 28. The second-order valence-electron chi connectivity index (χ2n) is 20.2. The number of non-ortho nitro benzene ring substituents is 1. The molecule has 0 radical (unpaired) electrons. The second kappa shape index (κ2) is 30.5. The Labute approximate surface area is 483 Å². The van der Waals surface area contributed by atoms with Crippen LogP contribution in [0.15, 0.2) is 237 Å². The van der Waals surface area contributed by atoms with Crippen molar-refractivity contribution >= 4 is 11.7 Å². The Kier molecular flexibility index (Phi) is 21.5. The number of nitro groups is 1. The quantitative estimate of drug-likeness (QED) is 0.0259. The lowest BCUT2D eigenvalue weighted by Crippen LogP contribution is -2.66. The Morgan fingerprint density at radius 1 is 0.361 bits per heavy atom. The first kappa shape index (κ1) is 58.4. The maximum atomic E-state index is 14.3. The summed E-state index contributed by atoms with van der Waals surface area (Å²) in [5.74, 6) is -0.813. The molecule has 8 aromatic carbocycles. The van der Waals surface area contributed by atoms with Gasteiger partial charge in [0.15, 0.2) is 6.29 Å². The van der Waals surface area contributed by atoms with E-state index in [1.807, 2.05) is 212 Å². The van der Waals surface area contributed by atoms with Crippen LogP contribution in [0.4, 0.5) is 5.69 Å². The van der Waals surface area contributed by atoms with Crippen LogP contribution >= 0.6 is 0 Å².